The Morgan fingerprint density at radius 2 is 1.93 bits per heavy atom. The molecule has 85 valence electrons. The van der Waals surface area contributed by atoms with Gasteiger partial charge in [-0.15, -0.1) is 0 Å². The standard InChI is InChI=1S/C11H17O4/c1-3-10(12)14-8(2)11(13)15-9-6-4-5-7-9/h3,8-9H,4-7H2,1-2H3. The van der Waals surface area contributed by atoms with Gasteiger partial charge in [0.15, 0.2) is 6.10 Å². The molecule has 1 saturated carbocycles. The molecule has 1 fully saturated rings. The fourth-order valence-electron chi connectivity index (χ4n) is 1.56. The van der Waals surface area contributed by atoms with E-state index in [1.54, 1.807) is 6.92 Å². The summed E-state index contributed by atoms with van der Waals surface area (Å²) in [6.45, 7) is 3.09. The van der Waals surface area contributed by atoms with Crippen LogP contribution in [0, 0.1) is 6.42 Å². The summed E-state index contributed by atoms with van der Waals surface area (Å²) in [5.74, 6) is -0.942. The topological polar surface area (TPSA) is 52.6 Å². The van der Waals surface area contributed by atoms with Crippen molar-refractivity contribution in [1.29, 1.82) is 0 Å². The maximum atomic E-state index is 11.4. The summed E-state index contributed by atoms with van der Waals surface area (Å²) >= 11 is 0. The van der Waals surface area contributed by atoms with E-state index in [1.807, 2.05) is 0 Å². The Labute approximate surface area is 89.9 Å². The first-order valence-corrected chi connectivity index (χ1v) is 5.34. The molecule has 1 rings (SSSR count). The molecule has 0 aromatic rings. The summed E-state index contributed by atoms with van der Waals surface area (Å²) in [6.07, 6.45) is 4.54. The number of hydrogen-bond acceptors (Lipinski definition) is 4. The molecule has 0 spiro atoms. The lowest BCUT2D eigenvalue weighted by Crippen LogP contribution is -2.29. The number of carbonyl (C=O) groups is 2. The van der Waals surface area contributed by atoms with Gasteiger partial charge in [0.05, 0.1) is 6.42 Å². The van der Waals surface area contributed by atoms with Crippen molar-refractivity contribution in [2.75, 3.05) is 0 Å². The molecular formula is C11H17O4. The van der Waals surface area contributed by atoms with Gasteiger partial charge in [-0.2, -0.15) is 0 Å². The molecule has 4 nitrogen and oxygen atoms in total. The molecule has 15 heavy (non-hydrogen) atoms. The van der Waals surface area contributed by atoms with E-state index < -0.39 is 18.0 Å². The number of carbonyl (C=O) groups excluding carboxylic acids is 2. The minimum atomic E-state index is -0.811. The molecule has 0 aromatic carbocycles. The Morgan fingerprint density at radius 3 is 2.47 bits per heavy atom. The largest absolute Gasteiger partial charge is 0.460 e. The highest BCUT2D eigenvalue weighted by molar-refractivity contribution is 5.83. The first-order valence-electron chi connectivity index (χ1n) is 5.34. The number of rotatable bonds is 4. The van der Waals surface area contributed by atoms with E-state index in [2.05, 4.69) is 0 Å². The van der Waals surface area contributed by atoms with Crippen LogP contribution in [0.25, 0.3) is 0 Å². The van der Waals surface area contributed by atoms with Crippen LogP contribution in [0.5, 0.6) is 0 Å². The van der Waals surface area contributed by atoms with E-state index in [9.17, 15) is 9.59 Å². The zero-order valence-corrected chi connectivity index (χ0v) is 9.19. The first-order chi connectivity index (χ1) is 7.13. The van der Waals surface area contributed by atoms with E-state index in [1.165, 1.54) is 13.3 Å². The van der Waals surface area contributed by atoms with Gasteiger partial charge in [-0.1, -0.05) is 6.92 Å². The third kappa shape index (κ3) is 3.90. The van der Waals surface area contributed by atoms with E-state index in [0.29, 0.717) is 0 Å². The van der Waals surface area contributed by atoms with Gasteiger partial charge in [0, 0.05) is 0 Å². The molecule has 1 aliphatic rings. The second-order valence-corrected chi connectivity index (χ2v) is 3.71. The zero-order valence-electron chi connectivity index (χ0n) is 9.19. The van der Waals surface area contributed by atoms with Crippen LogP contribution in [-0.2, 0) is 19.1 Å². The monoisotopic (exact) mass is 213 g/mol. The lowest BCUT2D eigenvalue weighted by Gasteiger charge is -2.15. The predicted octanol–water partition coefficient (Wildman–Crippen LogP) is 1.63. The zero-order chi connectivity index (χ0) is 11.3. The molecule has 0 amide bonds. The summed E-state index contributed by atoms with van der Waals surface area (Å²) in [7, 11) is 0. The SMILES string of the molecule is C[CH]C(=O)OC(C)C(=O)OC1CCCC1. The molecule has 0 bridgehead atoms. The van der Waals surface area contributed by atoms with Crippen molar-refractivity contribution in [3.8, 4) is 0 Å². The first kappa shape index (κ1) is 12.0. The van der Waals surface area contributed by atoms with E-state index in [-0.39, 0.29) is 6.10 Å². The smallest absolute Gasteiger partial charge is 0.347 e. The quantitative estimate of drug-likeness (QED) is 0.666. The van der Waals surface area contributed by atoms with Gasteiger partial charge >= 0.3 is 11.9 Å². The van der Waals surface area contributed by atoms with Gasteiger partial charge in [0.2, 0.25) is 0 Å². The second-order valence-electron chi connectivity index (χ2n) is 3.71. The second kappa shape index (κ2) is 5.73. The van der Waals surface area contributed by atoms with Crippen molar-refractivity contribution >= 4 is 11.9 Å². The highest BCUT2D eigenvalue weighted by Gasteiger charge is 2.24. The lowest BCUT2D eigenvalue weighted by molar-refractivity contribution is -0.168. The Bertz CT molecular complexity index is 231. The summed E-state index contributed by atoms with van der Waals surface area (Å²) in [5, 5.41) is 0. The Morgan fingerprint density at radius 1 is 1.33 bits per heavy atom. The minimum absolute atomic E-state index is 0.0178. The van der Waals surface area contributed by atoms with E-state index in [4.69, 9.17) is 9.47 Å². The molecule has 0 N–H and O–H groups in total. The Balaban J connectivity index is 2.28. The van der Waals surface area contributed by atoms with Crippen LogP contribution >= 0.6 is 0 Å². The molecule has 0 saturated heterocycles. The van der Waals surface area contributed by atoms with Crippen LogP contribution in [0.4, 0.5) is 0 Å². The van der Waals surface area contributed by atoms with Gasteiger partial charge in [-0.3, -0.25) is 4.79 Å². The highest BCUT2D eigenvalue weighted by Crippen LogP contribution is 2.21. The van der Waals surface area contributed by atoms with Crippen LogP contribution in [-0.4, -0.2) is 24.1 Å². The molecule has 0 heterocycles. The Kier molecular flexibility index (Phi) is 4.59. The third-order valence-corrected chi connectivity index (χ3v) is 2.45. The fourth-order valence-corrected chi connectivity index (χ4v) is 1.56. The summed E-state index contributed by atoms with van der Waals surface area (Å²) in [6, 6.07) is 0. The Hall–Kier alpha value is -1.06. The van der Waals surface area contributed by atoms with Crippen molar-refractivity contribution < 1.29 is 19.1 Å². The van der Waals surface area contributed by atoms with Gasteiger partial charge in [0.1, 0.15) is 6.10 Å². The maximum Gasteiger partial charge on any atom is 0.347 e. The summed E-state index contributed by atoms with van der Waals surface area (Å²) in [5.41, 5.74) is 0. The number of hydrogen-bond donors (Lipinski definition) is 0. The van der Waals surface area contributed by atoms with E-state index >= 15 is 0 Å². The molecule has 1 aliphatic carbocycles. The molecule has 0 aromatic heterocycles. The van der Waals surface area contributed by atoms with Crippen LogP contribution < -0.4 is 0 Å². The van der Waals surface area contributed by atoms with Gasteiger partial charge in [-0.05, 0) is 32.6 Å². The number of ether oxygens (including phenoxy) is 2. The maximum absolute atomic E-state index is 11.4. The third-order valence-electron chi connectivity index (χ3n) is 2.45. The normalized spacial score (nSPS) is 18.5. The van der Waals surface area contributed by atoms with Gasteiger partial charge in [-0.25, -0.2) is 4.79 Å². The predicted molar refractivity (Wildman–Crippen MR) is 53.9 cm³/mol. The highest BCUT2D eigenvalue weighted by atomic mass is 16.6. The minimum Gasteiger partial charge on any atom is -0.460 e. The number of esters is 2. The van der Waals surface area contributed by atoms with Crippen molar-refractivity contribution in [3.05, 3.63) is 6.42 Å². The lowest BCUT2D eigenvalue weighted by atomic mass is 10.3. The van der Waals surface area contributed by atoms with Crippen LogP contribution in [0.3, 0.4) is 0 Å². The van der Waals surface area contributed by atoms with Crippen molar-refractivity contribution in [1.82, 2.24) is 0 Å². The summed E-state index contributed by atoms with van der Waals surface area (Å²) < 4.78 is 9.99. The van der Waals surface area contributed by atoms with Crippen LogP contribution in [0.2, 0.25) is 0 Å². The van der Waals surface area contributed by atoms with Gasteiger partial charge < -0.3 is 9.47 Å². The molecule has 1 unspecified atom stereocenters. The van der Waals surface area contributed by atoms with Crippen molar-refractivity contribution in [2.24, 2.45) is 0 Å². The molecule has 1 atom stereocenters. The van der Waals surface area contributed by atoms with Crippen molar-refractivity contribution in [2.45, 2.75) is 51.7 Å². The van der Waals surface area contributed by atoms with E-state index in [0.717, 1.165) is 25.7 Å². The van der Waals surface area contributed by atoms with Crippen LogP contribution in [0.15, 0.2) is 0 Å². The van der Waals surface area contributed by atoms with Crippen LogP contribution in [0.1, 0.15) is 39.5 Å². The van der Waals surface area contributed by atoms with Crippen molar-refractivity contribution in [3.63, 3.8) is 0 Å². The molecule has 1 radical (unpaired) electrons. The average molecular weight is 213 g/mol. The fraction of sp³-hybridized carbons (Fsp3) is 0.727. The summed E-state index contributed by atoms with van der Waals surface area (Å²) in [4.78, 5) is 22.3. The van der Waals surface area contributed by atoms with Gasteiger partial charge in [0.25, 0.3) is 0 Å². The molecule has 4 heteroatoms. The average Bonchev–Trinajstić information content (AvgIpc) is 2.70. The molecule has 0 aliphatic heterocycles. The molecular weight excluding hydrogens is 196 g/mol.